The highest BCUT2D eigenvalue weighted by Crippen LogP contribution is 2.32. The van der Waals surface area contributed by atoms with Crippen molar-refractivity contribution >= 4 is 11.8 Å². The van der Waals surface area contributed by atoms with Gasteiger partial charge in [0.15, 0.2) is 0 Å². The van der Waals surface area contributed by atoms with Crippen LogP contribution in [0.5, 0.6) is 0 Å². The Hall–Kier alpha value is 0.270. The van der Waals surface area contributed by atoms with Gasteiger partial charge in [-0.25, -0.2) is 0 Å². The Morgan fingerprint density at radius 1 is 1.38 bits per heavy atom. The molecule has 76 valence electrons. The molecule has 3 heteroatoms. The van der Waals surface area contributed by atoms with Crippen LogP contribution in [0, 0.1) is 0 Å². The Labute approximate surface area is 84.8 Å². The molecular formula is C10H19NOS. The van der Waals surface area contributed by atoms with Gasteiger partial charge in [-0.2, -0.15) is 11.8 Å². The molecule has 1 N–H and O–H groups in total. The molecular weight excluding hydrogens is 182 g/mol. The van der Waals surface area contributed by atoms with Gasteiger partial charge in [-0.05, 0) is 32.4 Å². The summed E-state index contributed by atoms with van der Waals surface area (Å²) < 4.78 is 5.96. The zero-order chi connectivity index (χ0) is 9.31. The van der Waals surface area contributed by atoms with Crippen molar-refractivity contribution in [1.82, 2.24) is 5.32 Å². The second-order valence-electron chi connectivity index (χ2n) is 4.58. The van der Waals surface area contributed by atoms with Gasteiger partial charge in [-0.1, -0.05) is 6.42 Å². The fraction of sp³-hybridized carbons (Fsp3) is 1.00. The highest BCUT2D eigenvalue weighted by Gasteiger charge is 2.36. The maximum Gasteiger partial charge on any atom is 0.120 e. The van der Waals surface area contributed by atoms with Crippen molar-refractivity contribution in [3.8, 4) is 0 Å². The summed E-state index contributed by atoms with van der Waals surface area (Å²) >= 11 is 2.07. The number of hydrogen-bond donors (Lipinski definition) is 1. The minimum Gasteiger partial charge on any atom is -0.355 e. The van der Waals surface area contributed by atoms with Crippen LogP contribution >= 0.6 is 11.8 Å². The van der Waals surface area contributed by atoms with Crippen molar-refractivity contribution in [2.24, 2.45) is 0 Å². The summed E-state index contributed by atoms with van der Waals surface area (Å²) in [6.07, 6.45) is 4.38. The van der Waals surface area contributed by atoms with Crippen LogP contribution in [0.4, 0.5) is 0 Å². The van der Waals surface area contributed by atoms with Crippen molar-refractivity contribution in [3.05, 3.63) is 0 Å². The summed E-state index contributed by atoms with van der Waals surface area (Å²) in [6.45, 7) is 5.32. The van der Waals surface area contributed by atoms with Crippen molar-refractivity contribution in [1.29, 1.82) is 0 Å². The summed E-state index contributed by atoms with van der Waals surface area (Å²) in [5, 5.41) is 4.16. The Balaban J connectivity index is 1.87. The van der Waals surface area contributed by atoms with E-state index in [-0.39, 0.29) is 5.60 Å². The molecule has 2 fully saturated rings. The van der Waals surface area contributed by atoms with Gasteiger partial charge in [-0.15, -0.1) is 0 Å². The van der Waals surface area contributed by atoms with Crippen LogP contribution in [0.15, 0.2) is 0 Å². The number of rotatable bonds is 1. The predicted molar refractivity (Wildman–Crippen MR) is 57.1 cm³/mol. The van der Waals surface area contributed by atoms with Gasteiger partial charge in [-0.3, -0.25) is 5.32 Å². The van der Waals surface area contributed by atoms with E-state index in [0.717, 1.165) is 6.54 Å². The standard InChI is InChI=1S/C10H19NOS/c1-10(2)7-11-9(12-10)8-5-3-4-6-13-8/h8-9,11H,3-7H2,1-2H3. The first-order valence-corrected chi connectivity index (χ1v) is 6.25. The second kappa shape index (κ2) is 3.79. The van der Waals surface area contributed by atoms with Crippen molar-refractivity contribution < 1.29 is 4.74 Å². The first-order chi connectivity index (χ1) is 6.17. The molecule has 0 radical (unpaired) electrons. The largest absolute Gasteiger partial charge is 0.355 e. The maximum atomic E-state index is 5.96. The van der Waals surface area contributed by atoms with E-state index in [2.05, 4.69) is 30.9 Å². The fourth-order valence-corrected chi connectivity index (χ4v) is 3.32. The zero-order valence-corrected chi connectivity index (χ0v) is 9.32. The van der Waals surface area contributed by atoms with Crippen LogP contribution in [-0.2, 0) is 4.74 Å². The minimum absolute atomic E-state index is 0.0443. The summed E-state index contributed by atoms with van der Waals surface area (Å²) in [6, 6.07) is 0. The summed E-state index contributed by atoms with van der Waals surface area (Å²) in [5.74, 6) is 1.31. The molecule has 0 aliphatic carbocycles. The van der Waals surface area contributed by atoms with Gasteiger partial charge in [0.1, 0.15) is 6.23 Å². The lowest BCUT2D eigenvalue weighted by atomic mass is 10.1. The van der Waals surface area contributed by atoms with Crippen LogP contribution < -0.4 is 5.32 Å². The van der Waals surface area contributed by atoms with Gasteiger partial charge in [0.05, 0.1) is 5.60 Å². The van der Waals surface area contributed by atoms with Crippen LogP contribution in [0.2, 0.25) is 0 Å². The second-order valence-corrected chi connectivity index (χ2v) is 5.93. The van der Waals surface area contributed by atoms with E-state index >= 15 is 0 Å². The minimum atomic E-state index is 0.0443. The number of hydrogen-bond acceptors (Lipinski definition) is 3. The monoisotopic (exact) mass is 201 g/mol. The van der Waals surface area contributed by atoms with Gasteiger partial charge in [0.2, 0.25) is 0 Å². The number of ether oxygens (including phenoxy) is 1. The fourth-order valence-electron chi connectivity index (χ4n) is 1.99. The SMILES string of the molecule is CC1(C)CNC(C2CCCCS2)O1. The molecule has 0 saturated carbocycles. The molecule has 2 aliphatic heterocycles. The predicted octanol–water partition coefficient (Wildman–Crippen LogP) is 2.00. The van der Waals surface area contributed by atoms with Crippen LogP contribution in [0.25, 0.3) is 0 Å². The van der Waals surface area contributed by atoms with Crippen molar-refractivity contribution in [2.45, 2.75) is 50.2 Å². The lowest BCUT2D eigenvalue weighted by Crippen LogP contribution is -2.35. The molecule has 0 aromatic rings. The summed E-state index contributed by atoms with van der Waals surface area (Å²) in [4.78, 5) is 0. The molecule has 0 bridgehead atoms. The van der Waals surface area contributed by atoms with E-state index in [0.29, 0.717) is 11.5 Å². The number of thioether (sulfide) groups is 1. The zero-order valence-electron chi connectivity index (χ0n) is 8.51. The van der Waals surface area contributed by atoms with E-state index in [1.807, 2.05) is 0 Å². The molecule has 2 atom stereocenters. The van der Waals surface area contributed by atoms with Crippen LogP contribution in [0.1, 0.15) is 33.1 Å². The highest BCUT2D eigenvalue weighted by molar-refractivity contribution is 8.00. The third kappa shape index (κ3) is 2.39. The quantitative estimate of drug-likeness (QED) is 0.701. The third-order valence-electron chi connectivity index (χ3n) is 2.73. The average Bonchev–Trinajstić information content (AvgIpc) is 2.48. The maximum absolute atomic E-state index is 5.96. The first kappa shape index (κ1) is 9.81. The molecule has 2 heterocycles. The number of nitrogens with one attached hydrogen (secondary N) is 1. The Kier molecular flexibility index (Phi) is 2.86. The molecule has 0 aromatic carbocycles. The van der Waals surface area contributed by atoms with Crippen molar-refractivity contribution in [3.63, 3.8) is 0 Å². The molecule has 2 unspecified atom stereocenters. The third-order valence-corrected chi connectivity index (χ3v) is 4.16. The lowest BCUT2D eigenvalue weighted by Gasteiger charge is -2.27. The summed E-state index contributed by atoms with van der Waals surface area (Å²) in [5.41, 5.74) is 0.0443. The average molecular weight is 201 g/mol. The van der Waals surface area contributed by atoms with E-state index in [1.54, 1.807) is 0 Å². The first-order valence-electron chi connectivity index (χ1n) is 5.20. The topological polar surface area (TPSA) is 21.3 Å². The Morgan fingerprint density at radius 2 is 2.23 bits per heavy atom. The molecule has 0 aromatic heterocycles. The van der Waals surface area contributed by atoms with Gasteiger partial charge < -0.3 is 4.74 Å². The Morgan fingerprint density at radius 3 is 2.77 bits per heavy atom. The van der Waals surface area contributed by atoms with Gasteiger partial charge in [0.25, 0.3) is 0 Å². The normalized spacial score (nSPS) is 39.2. The van der Waals surface area contributed by atoms with Crippen molar-refractivity contribution in [2.75, 3.05) is 12.3 Å². The van der Waals surface area contributed by atoms with E-state index < -0.39 is 0 Å². The van der Waals surface area contributed by atoms with E-state index in [1.165, 1.54) is 25.0 Å². The van der Waals surface area contributed by atoms with Gasteiger partial charge >= 0.3 is 0 Å². The molecule has 0 amide bonds. The van der Waals surface area contributed by atoms with Gasteiger partial charge in [0, 0.05) is 11.8 Å². The molecule has 2 rings (SSSR count). The van der Waals surface area contributed by atoms with Crippen LogP contribution in [-0.4, -0.2) is 29.4 Å². The molecule has 13 heavy (non-hydrogen) atoms. The Bertz CT molecular complexity index is 178. The van der Waals surface area contributed by atoms with E-state index in [4.69, 9.17) is 4.74 Å². The molecule has 2 nitrogen and oxygen atoms in total. The lowest BCUT2D eigenvalue weighted by molar-refractivity contribution is -0.0160. The molecule has 2 aliphatic rings. The molecule has 2 saturated heterocycles. The van der Waals surface area contributed by atoms with E-state index in [9.17, 15) is 0 Å². The highest BCUT2D eigenvalue weighted by atomic mass is 32.2. The van der Waals surface area contributed by atoms with Crippen LogP contribution in [0.3, 0.4) is 0 Å². The smallest absolute Gasteiger partial charge is 0.120 e. The molecule has 0 spiro atoms. The summed E-state index contributed by atoms with van der Waals surface area (Å²) in [7, 11) is 0.